The number of amides is 1. The molecule has 0 saturated carbocycles. The molecule has 12 heteroatoms. The normalized spacial score (nSPS) is 15.3. The van der Waals surface area contributed by atoms with Crippen LogP contribution in [0.3, 0.4) is 0 Å². The SMILES string of the molecule is O=C(CSc1nnc(-c2ccc3c(c2)OCO3)o1)Nc1ccc2c(c1)OC(F)(F)O2. The quantitative estimate of drug-likeness (QED) is 0.603. The summed E-state index contributed by atoms with van der Waals surface area (Å²) in [6, 6.07) is 9.18. The molecule has 2 aliphatic rings. The Kier molecular flexibility index (Phi) is 4.35. The van der Waals surface area contributed by atoms with E-state index in [4.69, 9.17) is 13.9 Å². The lowest BCUT2D eigenvalue weighted by Crippen LogP contribution is -2.25. The van der Waals surface area contributed by atoms with Gasteiger partial charge in [0.15, 0.2) is 23.0 Å². The fourth-order valence-electron chi connectivity index (χ4n) is 2.77. The molecule has 0 bridgehead atoms. The summed E-state index contributed by atoms with van der Waals surface area (Å²) in [6.07, 6.45) is -3.71. The fourth-order valence-corrected chi connectivity index (χ4v) is 3.33. The van der Waals surface area contributed by atoms with E-state index in [1.54, 1.807) is 18.2 Å². The highest BCUT2D eigenvalue weighted by Gasteiger charge is 2.43. The first-order chi connectivity index (χ1) is 14.4. The van der Waals surface area contributed by atoms with Gasteiger partial charge in [-0.25, -0.2) is 0 Å². The Hall–Kier alpha value is -3.54. The molecular formula is C18H11F2N3O6S. The first-order valence-electron chi connectivity index (χ1n) is 8.51. The molecule has 0 saturated heterocycles. The minimum atomic E-state index is -3.71. The lowest BCUT2D eigenvalue weighted by atomic mass is 10.2. The van der Waals surface area contributed by atoms with Crippen LogP contribution in [-0.4, -0.2) is 34.9 Å². The maximum Gasteiger partial charge on any atom is 0.586 e. The van der Waals surface area contributed by atoms with Crippen molar-refractivity contribution in [3.8, 4) is 34.5 Å². The highest BCUT2D eigenvalue weighted by Crippen LogP contribution is 2.42. The van der Waals surface area contributed by atoms with Crippen LogP contribution in [0, 0.1) is 0 Å². The summed E-state index contributed by atoms with van der Waals surface area (Å²) in [5.74, 6) is 0.803. The molecule has 0 atom stereocenters. The number of alkyl halides is 2. The number of halogens is 2. The van der Waals surface area contributed by atoms with Crippen LogP contribution in [0.2, 0.25) is 0 Å². The number of hydrogen-bond acceptors (Lipinski definition) is 9. The molecule has 1 amide bonds. The van der Waals surface area contributed by atoms with Crippen LogP contribution in [0.4, 0.5) is 14.5 Å². The summed E-state index contributed by atoms with van der Waals surface area (Å²) in [5.41, 5.74) is 0.937. The Labute approximate surface area is 171 Å². The topological polar surface area (TPSA) is 105 Å². The predicted molar refractivity (Wildman–Crippen MR) is 97.9 cm³/mol. The molecule has 5 rings (SSSR count). The van der Waals surface area contributed by atoms with Gasteiger partial charge in [-0.3, -0.25) is 4.79 Å². The van der Waals surface area contributed by atoms with Gasteiger partial charge in [-0.05, 0) is 30.3 Å². The molecule has 3 heterocycles. The van der Waals surface area contributed by atoms with Crippen LogP contribution in [0.25, 0.3) is 11.5 Å². The van der Waals surface area contributed by atoms with Gasteiger partial charge in [-0.2, -0.15) is 0 Å². The van der Waals surface area contributed by atoms with E-state index < -0.39 is 12.2 Å². The van der Waals surface area contributed by atoms with Crippen molar-refractivity contribution >= 4 is 23.4 Å². The van der Waals surface area contributed by atoms with Crippen molar-refractivity contribution in [2.75, 3.05) is 17.9 Å². The van der Waals surface area contributed by atoms with Crippen molar-refractivity contribution in [2.45, 2.75) is 11.5 Å². The van der Waals surface area contributed by atoms with Crippen molar-refractivity contribution in [3.63, 3.8) is 0 Å². The maximum absolute atomic E-state index is 13.1. The molecule has 30 heavy (non-hydrogen) atoms. The number of rotatable bonds is 5. The van der Waals surface area contributed by atoms with Crippen molar-refractivity contribution in [3.05, 3.63) is 36.4 Å². The number of ether oxygens (including phenoxy) is 4. The monoisotopic (exact) mass is 435 g/mol. The third kappa shape index (κ3) is 3.68. The number of anilines is 1. The van der Waals surface area contributed by atoms with Crippen molar-refractivity contribution in [1.82, 2.24) is 10.2 Å². The second kappa shape index (κ2) is 7.06. The van der Waals surface area contributed by atoms with Gasteiger partial charge in [0.05, 0.1) is 5.75 Å². The summed E-state index contributed by atoms with van der Waals surface area (Å²) in [5, 5.41) is 10.6. The van der Waals surface area contributed by atoms with E-state index in [2.05, 4.69) is 25.0 Å². The van der Waals surface area contributed by atoms with E-state index >= 15 is 0 Å². The standard InChI is InChI=1S/C18H11F2N3O6S/c19-18(20)28-12-4-2-10(6-14(12)29-18)21-15(24)7-30-17-23-22-16(27-17)9-1-3-11-13(5-9)26-8-25-11/h1-6H,7-8H2,(H,21,24). The maximum atomic E-state index is 13.1. The molecule has 0 spiro atoms. The van der Waals surface area contributed by atoms with Crippen LogP contribution in [-0.2, 0) is 4.79 Å². The van der Waals surface area contributed by atoms with Crippen LogP contribution in [0.5, 0.6) is 23.0 Å². The number of aromatic nitrogens is 2. The van der Waals surface area contributed by atoms with E-state index in [0.29, 0.717) is 17.1 Å². The highest BCUT2D eigenvalue weighted by molar-refractivity contribution is 7.99. The Morgan fingerprint density at radius 2 is 1.83 bits per heavy atom. The average Bonchev–Trinajstić information content (AvgIpc) is 3.42. The lowest BCUT2D eigenvalue weighted by molar-refractivity contribution is -0.286. The first kappa shape index (κ1) is 18.5. The third-order valence-corrected chi connectivity index (χ3v) is 4.86. The molecule has 0 unspecified atom stereocenters. The van der Waals surface area contributed by atoms with Crippen molar-refractivity contribution in [1.29, 1.82) is 0 Å². The van der Waals surface area contributed by atoms with Gasteiger partial charge in [0.2, 0.25) is 18.6 Å². The van der Waals surface area contributed by atoms with Crippen LogP contribution >= 0.6 is 11.8 Å². The summed E-state index contributed by atoms with van der Waals surface area (Å²) in [7, 11) is 0. The van der Waals surface area contributed by atoms with E-state index in [1.807, 2.05) is 0 Å². The zero-order valence-corrected chi connectivity index (χ0v) is 15.7. The van der Waals surface area contributed by atoms with E-state index in [1.165, 1.54) is 18.2 Å². The Balaban J connectivity index is 1.19. The molecule has 1 aromatic heterocycles. The molecule has 1 N–H and O–H groups in total. The molecule has 0 fully saturated rings. The molecule has 3 aromatic rings. The van der Waals surface area contributed by atoms with Gasteiger partial charge in [0.1, 0.15) is 0 Å². The minimum Gasteiger partial charge on any atom is -0.454 e. The minimum absolute atomic E-state index is 0.0344. The Morgan fingerprint density at radius 3 is 2.73 bits per heavy atom. The Morgan fingerprint density at radius 1 is 1.03 bits per heavy atom. The van der Waals surface area contributed by atoms with Gasteiger partial charge in [-0.1, -0.05) is 11.8 Å². The number of nitrogens with zero attached hydrogens (tertiary/aromatic N) is 2. The predicted octanol–water partition coefficient (Wildman–Crippen LogP) is 3.52. The van der Waals surface area contributed by atoms with Gasteiger partial charge >= 0.3 is 6.29 Å². The molecule has 0 aliphatic carbocycles. The number of benzene rings is 2. The number of carbonyl (C=O) groups excluding carboxylic acids is 1. The number of carbonyl (C=O) groups is 1. The lowest BCUT2D eigenvalue weighted by Gasteiger charge is -2.05. The summed E-state index contributed by atoms with van der Waals surface area (Å²) < 4.78 is 50.9. The van der Waals surface area contributed by atoms with Gasteiger partial charge < -0.3 is 28.7 Å². The second-order valence-electron chi connectivity index (χ2n) is 6.11. The van der Waals surface area contributed by atoms with Crippen LogP contribution < -0.4 is 24.3 Å². The van der Waals surface area contributed by atoms with Crippen LogP contribution in [0.15, 0.2) is 46.0 Å². The van der Waals surface area contributed by atoms with E-state index in [9.17, 15) is 13.6 Å². The fraction of sp³-hybridized carbons (Fsp3) is 0.167. The van der Waals surface area contributed by atoms with Crippen molar-refractivity contribution < 1.29 is 36.9 Å². The molecule has 2 aliphatic heterocycles. The first-order valence-corrected chi connectivity index (χ1v) is 9.50. The summed E-state index contributed by atoms with van der Waals surface area (Å²) >= 11 is 1.03. The van der Waals surface area contributed by atoms with Gasteiger partial charge in [0.25, 0.3) is 5.22 Å². The van der Waals surface area contributed by atoms with Crippen LogP contribution in [0.1, 0.15) is 0 Å². The van der Waals surface area contributed by atoms with E-state index in [-0.39, 0.29) is 40.8 Å². The molecule has 0 radical (unpaired) electrons. The molecule has 154 valence electrons. The molecular weight excluding hydrogens is 424 g/mol. The zero-order chi connectivity index (χ0) is 20.7. The largest absolute Gasteiger partial charge is 0.586 e. The molecule has 9 nitrogen and oxygen atoms in total. The van der Waals surface area contributed by atoms with Gasteiger partial charge in [-0.15, -0.1) is 19.0 Å². The zero-order valence-electron chi connectivity index (χ0n) is 14.9. The number of fused-ring (bicyclic) bond motifs is 2. The number of thioether (sulfide) groups is 1. The number of hydrogen-bond donors (Lipinski definition) is 1. The summed E-state index contributed by atoms with van der Waals surface area (Å²) in [4.78, 5) is 12.1. The average molecular weight is 435 g/mol. The molecule has 2 aromatic carbocycles. The van der Waals surface area contributed by atoms with E-state index in [0.717, 1.165) is 11.8 Å². The third-order valence-electron chi connectivity index (χ3n) is 4.04. The van der Waals surface area contributed by atoms with Crippen molar-refractivity contribution in [2.24, 2.45) is 0 Å². The highest BCUT2D eigenvalue weighted by atomic mass is 32.2. The number of nitrogens with one attached hydrogen (secondary N) is 1. The second-order valence-corrected chi connectivity index (χ2v) is 7.03. The van der Waals surface area contributed by atoms with Gasteiger partial charge in [0, 0.05) is 17.3 Å². The smallest absolute Gasteiger partial charge is 0.454 e. The Bertz CT molecular complexity index is 1140. The summed E-state index contributed by atoms with van der Waals surface area (Å²) in [6.45, 7) is 0.157.